The third kappa shape index (κ3) is 2.37. The van der Waals surface area contributed by atoms with Crippen LogP contribution in [0.15, 0.2) is 12.7 Å². The van der Waals surface area contributed by atoms with E-state index in [0.717, 1.165) is 13.0 Å². The van der Waals surface area contributed by atoms with Gasteiger partial charge in [-0.3, -0.25) is 4.90 Å². The lowest BCUT2D eigenvalue weighted by Gasteiger charge is -2.48. The van der Waals surface area contributed by atoms with E-state index >= 15 is 0 Å². The topological polar surface area (TPSA) is 23.5 Å². The molecule has 0 saturated carbocycles. The molecule has 1 N–H and O–H groups in total. The lowest BCUT2D eigenvalue weighted by Crippen LogP contribution is -2.53. The highest BCUT2D eigenvalue weighted by molar-refractivity contribution is 4.94. The van der Waals surface area contributed by atoms with Crippen molar-refractivity contribution in [1.29, 1.82) is 0 Å². The summed E-state index contributed by atoms with van der Waals surface area (Å²) in [6, 6.07) is 0. The number of likely N-dealkylation sites (tertiary alicyclic amines) is 1. The molecule has 0 aromatic carbocycles. The third-order valence-electron chi connectivity index (χ3n) is 3.62. The Morgan fingerprint density at radius 1 is 1.57 bits per heavy atom. The Kier molecular flexibility index (Phi) is 4.14. The summed E-state index contributed by atoms with van der Waals surface area (Å²) in [5, 5.41) is 9.03. The van der Waals surface area contributed by atoms with E-state index in [1.54, 1.807) is 0 Å². The number of aliphatic hydroxyl groups is 1. The second-order valence-corrected chi connectivity index (χ2v) is 4.74. The van der Waals surface area contributed by atoms with Crippen LogP contribution in [0, 0.1) is 5.92 Å². The molecule has 0 aromatic heterocycles. The summed E-state index contributed by atoms with van der Waals surface area (Å²) in [7, 11) is 0. The van der Waals surface area contributed by atoms with Crippen molar-refractivity contribution in [3.05, 3.63) is 12.7 Å². The largest absolute Gasteiger partial charge is 0.396 e. The van der Waals surface area contributed by atoms with Crippen LogP contribution in [0.25, 0.3) is 0 Å². The molecule has 1 fully saturated rings. The molecule has 0 radical (unpaired) electrons. The minimum atomic E-state index is 0.217. The van der Waals surface area contributed by atoms with Crippen LogP contribution in [-0.2, 0) is 0 Å². The maximum absolute atomic E-state index is 9.03. The Bertz CT molecular complexity index is 187. The smallest absolute Gasteiger partial charge is 0.0434 e. The molecule has 2 nitrogen and oxygen atoms in total. The minimum Gasteiger partial charge on any atom is -0.396 e. The van der Waals surface area contributed by atoms with Crippen LogP contribution in [0.2, 0.25) is 0 Å². The molecule has 0 aromatic rings. The molecule has 82 valence electrons. The van der Waals surface area contributed by atoms with E-state index in [9.17, 15) is 0 Å². The van der Waals surface area contributed by atoms with Crippen LogP contribution in [-0.4, -0.2) is 35.2 Å². The molecule has 1 unspecified atom stereocenters. The van der Waals surface area contributed by atoms with Gasteiger partial charge in [0.25, 0.3) is 0 Å². The van der Waals surface area contributed by atoms with Crippen molar-refractivity contribution in [2.24, 2.45) is 5.92 Å². The van der Waals surface area contributed by atoms with Crippen molar-refractivity contribution in [2.75, 3.05) is 19.7 Å². The van der Waals surface area contributed by atoms with Crippen molar-refractivity contribution >= 4 is 0 Å². The van der Waals surface area contributed by atoms with Gasteiger partial charge in [0.15, 0.2) is 0 Å². The molecule has 1 rings (SSSR count). The number of aliphatic hydroxyl groups excluding tert-OH is 1. The van der Waals surface area contributed by atoms with Crippen LogP contribution in [0.3, 0.4) is 0 Å². The summed E-state index contributed by atoms with van der Waals surface area (Å²) in [6.45, 7) is 10.8. The van der Waals surface area contributed by atoms with Gasteiger partial charge in [-0.1, -0.05) is 6.08 Å². The molecule has 2 heteroatoms. The zero-order valence-electron chi connectivity index (χ0n) is 9.50. The number of nitrogens with zero attached hydrogens (tertiary/aromatic N) is 1. The highest BCUT2D eigenvalue weighted by atomic mass is 16.3. The van der Waals surface area contributed by atoms with Crippen molar-refractivity contribution in [3.8, 4) is 0 Å². The first-order chi connectivity index (χ1) is 6.62. The van der Waals surface area contributed by atoms with E-state index in [-0.39, 0.29) is 5.54 Å². The van der Waals surface area contributed by atoms with Crippen molar-refractivity contribution in [2.45, 2.75) is 38.6 Å². The van der Waals surface area contributed by atoms with Crippen LogP contribution >= 0.6 is 0 Å². The lowest BCUT2D eigenvalue weighted by atomic mass is 9.77. The predicted octanol–water partition coefficient (Wildman–Crippen LogP) is 2.05. The molecule has 1 heterocycles. The van der Waals surface area contributed by atoms with Gasteiger partial charge < -0.3 is 5.11 Å². The van der Waals surface area contributed by atoms with Crippen LogP contribution in [0.4, 0.5) is 0 Å². The molecule has 0 aliphatic carbocycles. The summed E-state index contributed by atoms with van der Waals surface area (Å²) < 4.78 is 0. The van der Waals surface area contributed by atoms with Gasteiger partial charge in [-0.05, 0) is 45.6 Å². The first-order valence-corrected chi connectivity index (χ1v) is 5.59. The van der Waals surface area contributed by atoms with Gasteiger partial charge in [-0.25, -0.2) is 0 Å². The molecular weight excluding hydrogens is 174 g/mol. The average molecular weight is 197 g/mol. The zero-order valence-corrected chi connectivity index (χ0v) is 9.50. The van der Waals surface area contributed by atoms with Crippen molar-refractivity contribution in [1.82, 2.24) is 4.90 Å². The zero-order chi connectivity index (χ0) is 10.6. The minimum absolute atomic E-state index is 0.217. The number of rotatable bonds is 4. The van der Waals surface area contributed by atoms with Crippen molar-refractivity contribution in [3.63, 3.8) is 0 Å². The maximum Gasteiger partial charge on any atom is 0.0434 e. The van der Waals surface area contributed by atoms with Gasteiger partial charge in [0, 0.05) is 18.7 Å². The average Bonchev–Trinajstić information content (AvgIpc) is 2.13. The quantitative estimate of drug-likeness (QED) is 0.697. The summed E-state index contributed by atoms with van der Waals surface area (Å²) in [4.78, 5) is 2.48. The Morgan fingerprint density at radius 3 is 2.86 bits per heavy atom. The molecule has 1 aliphatic heterocycles. The highest BCUT2D eigenvalue weighted by Crippen LogP contribution is 2.34. The molecule has 0 spiro atoms. The molecular formula is C12H23NO. The molecule has 1 saturated heterocycles. The van der Waals surface area contributed by atoms with Gasteiger partial charge >= 0.3 is 0 Å². The van der Waals surface area contributed by atoms with E-state index in [2.05, 4.69) is 25.3 Å². The fraction of sp³-hybridized carbons (Fsp3) is 0.833. The summed E-state index contributed by atoms with van der Waals surface area (Å²) in [5.41, 5.74) is 0.217. The van der Waals surface area contributed by atoms with Crippen LogP contribution in [0.1, 0.15) is 33.1 Å². The maximum atomic E-state index is 9.03. The lowest BCUT2D eigenvalue weighted by molar-refractivity contribution is 0.0199. The Labute approximate surface area is 87.6 Å². The Morgan fingerprint density at radius 2 is 2.29 bits per heavy atom. The second-order valence-electron chi connectivity index (χ2n) is 4.74. The standard InChI is InChI=1S/C12H23NO/c1-4-8-13-9-5-6-11(7-10-14)12(13,2)3/h4,11,14H,1,5-10H2,2-3H3. The summed E-state index contributed by atoms with van der Waals surface area (Å²) >= 11 is 0. The van der Waals surface area contributed by atoms with Gasteiger partial charge in [0.05, 0.1) is 0 Å². The van der Waals surface area contributed by atoms with E-state index in [1.807, 2.05) is 6.08 Å². The highest BCUT2D eigenvalue weighted by Gasteiger charge is 2.36. The number of hydrogen-bond acceptors (Lipinski definition) is 2. The van der Waals surface area contributed by atoms with Crippen LogP contribution < -0.4 is 0 Å². The molecule has 0 amide bonds. The Balaban J connectivity index is 2.65. The summed E-state index contributed by atoms with van der Waals surface area (Å²) in [6.07, 6.45) is 5.41. The fourth-order valence-electron chi connectivity index (χ4n) is 2.56. The first kappa shape index (κ1) is 11.7. The first-order valence-electron chi connectivity index (χ1n) is 5.59. The third-order valence-corrected chi connectivity index (χ3v) is 3.62. The van der Waals surface area contributed by atoms with Gasteiger partial charge in [-0.2, -0.15) is 0 Å². The normalized spacial score (nSPS) is 27.5. The SMILES string of the molecule is C=CCN1CCCC(CCO)C1(C)C. The van der Waals surface area contributed by atoms with Gasteiger partial charge in [0.2, 0.25) is 0 Å². The number of piperidine rings is 1. The molecule has 0 bridgehead atoms. The molecule has 1 atom stereocenters. The van der Waals surface area contributed by atoms with E-state index in [1.165, 1.54) is 19.4 Å². The van der Waals surface area contributed by atoms with Gasteiger partial charge in [0.1, 0.15) is 0 Å². The van der Waals surface area contributed by atoms with E-state index < -0.39 is 0 Å². The molecule has 1 aliphatic rings. The second kappa shape index (κ2) is 4.94. The fourth-order valence-corrected chi connectivity index (χ4v) is 2.56. The van der Waals surface area contributed by atoms with Crippen LogP contribution in [0.5, 0.6) is 0 Å². The Hall–Kier alpha value is -0.340. The summed E-state index contributed by atoms with van der Waals surface area (Å²) in [5.74, 6) is 0.626. The predicted molar refractivity (Wildman–Crippen MR) is 60.3 cm³/mol. The van der Waals surface area contributed by atoms with E-state index in [4.69, 9.17) is 5.11 Å². The van der Waals surface area contributed by atoms with Crippen molar-refractivity contribution < 1.29 is 5.11 Å². The molecule has 14 heavy (non-hydrogen) atoms. The van der Waals surface area contributed by atoms with E-state index in [0.29, 0.717) is 12.5 Å². The number of hydrogen-bond donors (Lipinski definition) is 1. The monoisotopic (exact) mass is 197 g/mol. The van der Waals surface area contributed by atoms with Gasteiger partial charge in [-0.15, -0.1) is 6.58 Å².